The molecule has 0 spiro atoms. The highest BCUT2D eigenvalue weighted by molar-refractivity contribution is 5.99. The standard InChI is InChI=1S/C28H30N6O2/c1-34-17-22(15-32-34)21-12-26(27(29)31-14-21)28(35)33-23-13-24(30-16-23)18-36-25-9-7-20(8-10-25)11-19-5-3-2-4-6-19/h2-10,12,14-15,17,23-24,30H,11,13,16,18H2,1H3,(H2,29,31)(H,33,35)/t23-,24-/m0/s1. The summed E-state index contributed by atoms with van der Waals surface area (Å²) in [6.07, 6.45) is 6.93. The molecule has 0 aliphatic carbocycles. The first-order valence-corrected chi connectivity index (χ1v) is 12.1. The number of carbonyl (C=O) groups is 1. The number of amides is 1. The number of nitrogens with zero attached hydrogens (tertiary/aromatic N) is 3. The summed E-state index contributed by atoms with van der Waals surface area (Å²) in [5.74, 6) is 0.821. The second-order valence-corrected chi connectivity index (χ2v) is 9.19. The number of nitrogens with two attached hydrogens (primary N) is 1. The molecule has 2 aromatic heterocycles. The van der Waals surface area contributed by atoms with Crippen molar-refractivity contribution in [1.29, 1.82) is 0 Å². The van der Waals surface area contributed by atoms with Gasteiger partial charge in [-0.25, -0.2) is 4.98 Å². The van der Waals surface area contributed by atoms with E-state index in [0.717, 1.165) is 29.7 Å². The number of pyridine rings is 1. The van der Waals surface area contributed by atoms with Crippen LogP contribution in [0.3, 0.4) is 0 Å². The average Bonchev–Trinajstić information content (AvgIpc) is 3.53. The van der Waals surface area contributed by atoms with E-state index in [1.807, 2.05) is 31.4 Å². The molecule has 36 heavy (non-hydrogen) atoms. The molecule has 0 saturated carbocycles. The number of nitrogens with one attached hydrogen (secondary N) is 2. The molecule has 1 aliphatic rings. The van der Waals surface area contributed by atoms with Crippen LogP contribution in [0.25, 0.3) is 11.1 Å². The van der Waals surface area contributed by atoms with Crippen LogP contribution in [0.15, 0.2) is 79.3 Å². The highest BCUT2D eigenvalue weighted by Crippen LogP contribution is 2.22. The van der Waals surface area contributed by atoms with Crippen LogP contribution in [0.4, 0.5) is 5.82 Å². The fraction of sp³-hybridized carbons (Fsp3) is 0.250. The lowest BCUT2D eigenvalue weighted by Gasteiger charge is -2.14. The summed E-state index contributed by atoms with van der Waals surface area (Å²) in [7, 11) is 1.84. The molecule has 1 aliphatic heterocycles. The SMILES string of the molecule is Cn1cc(-c2cnc(N)c(C(=O)N[C@@H]3CN[C@H](COc4ccc(Cc5ccccc5)cc4)C3)c2)cn1. The summed E-state index contributed by atoms with van der Waals surface area (Å²) in [4.78, 5) is 17.2. The van der Waals surface area contributed by atoms with Crippen molar-refractivity contribution in [3.63, 3.8) is 0 Å². The fourth-order valence-electron chi connectivity index (χ4n) is 4.44. The van der Waals surface area contributed by atoms with Gasteiger partial charge >= 0.3 is 0 Å². The normalized spacial score (nSPS) is 17.1. The molecule has 1 fully saturated rings. The lowest BCUT2D eigenvalue weighted by Crippen LogP contribution is -2.36. The van der Waals surface area contributed by atoms with Crippen LogP contribution in [-0.2, 0) is 13.5 Å². The van der Waals surface area contributed by atoms with Gasteiger partial charge in [0.25, 0.3) is 5.91 Å². The second-order valence-electron chi connectivity index (χ2n) is 9.19. The first-order valence-electron chi connectivity index (χ1n) is 12.1. The number of anilines is 1. The van der Waals surface area contributed by atoms with Crippen LogP contribution < -0.4 is 21.1 Å². The van der Waals surface area contributed by atoms with Gasteiger partial charge in [0.1, 0.15) is 18.2 Å². The van der Waals surface area contributed by atoms with Crippen molar-refractivity contribution < 1.29 is 9.53 Å². The molecule has 4 aromatic rings. The molecular formula is C28H30N6O2. The van der Waals surface area contributed by atoms with Crippen LogP contribution in [0.2, 0.25) is 0 Å². The molecule has 184 valence electrons. The number of hydrogen-bond donors (Lipinski definition) is 3. The molecule has 5 rings (SSSR count). The predicted molar refractivity (Wildman–Crippen MR) is 140 cm³/mol. The summed E-state index contributed by atoms with van der Waals surface area (Å²) in [6, 6.07) is 20.5. The van der Waals surface area contributed by atoms with Crippen LogP contribution in [-0.4, -0.2) is 45.9 Å². The Bertz CT molecular complexity index is 1320. The van der Waals surface area contributed by atoms with E-state index in [0.29, 0.717) is 18.7 Å². The van der Waals surface area contributed by atoms with Gasteiger partial charge < -0.3 is 21.1 Å². The van der Waals surface area contributed by atoms with E-state index in [4.69, 9.17) is 10.5 Å². The lowest BCUT2D eigenvalue weighted by molar-refractivity contribution is 0.0940. The summed E-state index contributed by atoms with van der Waals surface area (Å²) in [5, 5.41) is 10.7. The van der Waals surface area contributed by atoms with Crippen molar-refractivity contribution in [2.75, 3.05) is 18.9 Å². The third kappa shape index (κ3) is 5.72. The molecule has 8 nitrogen and oxygen atoms in total. The molecule has 8 heteroatoms. The van der Waals surface area contributed by atoms with E-state index >= 15 is 0 Å². The molecule has 0 radical (unpaired) electrons. The Morgan fingerprint density at radius 2 is 1.89 bits per heavy atom. The van der Waals surface area contributed by atoms with Crippen molar-refractivity contribution in [3.05, 3.63) is 95.9 Å². The molecule has 0 bridgehead atoms. The summed E-state index contributed by atoms with van der Waals surface area (Å²) >= 11 is 0. The number of aromatic nitrogens is 3. The van der Waals surface area contributed by atoms with Crippen LogP contribution >= 0.6 is 0 Å². The maximum atomic E-state index is 12.9. The van der Waals surface area contributed by atoms with Crippen LogP contribution in [0, 0.1) is 0 Å². The van der Waals surface area contributed by atoms with Gasteiger partial charge in [-0.3, -0.25) is 9.48 Å². The van der Waals surface area contributed by atoms with Crippen molar-refractivity contribution in [2.45, 2.75) is 24.9 Å². The summed E-state index contributed by atoms with van der Waals surface area (Å²) in [5.41, 5.74) is 10.6. The third-order valence-electron chi connectivity index (χ3n) is 6.38. The number of benzene rings is 2. The molecule has 3 heterocycles. The number of nitrogen functional groups attached to an aromatic ring is 1. The van der Waals surface area contributed by atoms with E-state index < -0.39 is 0 Å². The molecule has 2 aromatic carbocycles. The Balaban J connectivity index is 1.12. The molecule has 1 amide bonds. The van der Waals surface area contributed by atoms with Gasteiger partial charge in [-0.05, 0) is 42.2 Å². The van der Waals surface area contributed by atoms with Crippen LogP contribution in [0.1, 0.15) is 27.9 Å². The molecule has 2 atom stereocenters. The molecule has 4 N–H and O–H groups in total. The van der Waals surface area contributed by atoms with Crippen molar-refractivity contribution in [3.8, 4) is 16.9 Å². The molecular weight excluding hydrogens is 452 g/mol. The Labute approximate surface area is 210 Å². The minimum atomic E-state index is -0.229. The summed E-state index contributed by atoms with van der Waals surface area (Å²) < 4.78 is 7.71. The monoisotopic (exact) mass is 482 g/mol. The first-order chi connectivity index (χ1) is 17.5. The maximum absolute atomic E-state index is 12.9. The quantitative estimate of drug-likeness (QED) is 0.356. The maximum Gasteiger partial charge on any atom is 0.255 e. The number of ether oxygens (including phenoxy) is 1. The largest absolute Gasteiger partial charge is 0.492 e. The second kappa shape index (κ2) is 10.6. The highest BCUT2D eigenvalue weighted by Gasteiger charge is 2.27. The van der Waals surface area contributed by atoms with Crippen molar-refractivity contribution in [1.82, 2.24) is 25.4 Å². The number of carbonyl (C=O) groups excluding carboxylic acids is 1. The molecule has 0 unspecified atom stereocenters. The Kier molecular flexibility index (Phi) is 6.95. The van der Waals surface area contributed by atoms with E-state index in [1.54, 1.807) is 23.1 Å². The fourth-order valence-corrected chi connectivity index (χ4v) is 4.44. The van der Waals surface area contributed by atoms with E-state index in [9.17, 15) is 4.79 Å². The average molecular weight is 483 g/mol. The number of aryl methyl sites for hydroxylation is 1. The minimum Gasteiger partial charge on any atom is -0.492 e. The van der Waals surface area contributed by atoms with Gasteiger partial charge in [0, 0.05) is 49.2 Å². The van der Waals surface area contributed by atoms with Gasteiger partial charge in [-0.1, -0.05) is 42.5 Å². The Morgan fingerprint density at radius 1 is 1.11 bits per heavy atom. The van der Waals surface area contributed by atoms with E-state index in [-0.39, 0.29) is 23.8 Å². The predicted octanol–water partition coefficient (Wildman–Crippen LogP) is 3.19. The smallest absolute Gasteiger partial charge is 0.255 e. The topological polar surface area (TPSA) is 107 Å². The third-order valence-corrected chi connectivity index (χ3v) is 6.38. The minimum absolute atomic E-state index is 0.0132. The zero-order valence-electron chi connectivity index (χ0n) is 20.2. The zero-order chi connectivity index (χ0) is 24.9. The van der Waals surface area contributed by atoms with Crippen molar-refractivity contribution >= 4 is 11.7 Å². The summed E-state index contributed by atoms with van der Waals surface area (Å²) in [6.45, 7) is 1.20. The van der Waals surface area contributed by atoms with E-state index in [2.05, 4.69) is 57.1 Å². The van der Waals surface area contributed by atoms with E-state index in [1.165, 1.54) is 11.1 Å². The highest BCUT2D eigenvalue weighted by atomic mass is 16.5. The van der Waals surface area contributed by atoms with Gasteiger partial charge in [0.15, 0.2) is 0 Å². The Hall–Kier alpha value is -4.17. The zero-order valence-corrected chi connectivity index (χ0v) is 20.2. The number of rotatable bonds is 8. The van der Waals surface area contributed by atoms with Crippen LogP contribution in [0.5, 0.6) is 5.75 Å². The lowest BCUT2D eigenvalue weighted by atomic mass is 10.1. The van der Waals surface area contributed by atoms with Gasteiger partial charge in [0.2, 0.25) is 0 Å². The molecule has 1 saturated heterocycles. The first kappa shape index (κ1) is 23.6. The van der Waals surface area contributed by atoms with Gasteiger partial charge in [0.05, 0.1) is 11.8 Å². The van der Waals surface area contributed by atoms with Gasteiger partial charge in [-0.15, -0.1) is 0 Å². The Morgan fingerprint density at radius 3 is 2.64 bits per heavy atom. The van der Waals surface area contributed by atoms with Gasteiger partial charge in [-0.2, -0.15) is 5.10 Å². The number of hydrogen-bond acceptors (Lipinski definition) is 6. The van der Waals surface area contributed by atoms with Crippen molar-refractivity contribution in [2.24, 2.45) is 7.05 Å².